The van der Waals surface area contributed by atoms with Crippen LogP contribution in [-0.4, -0.2) is 22.6 Å². The van der Waals surface area contributed by atoms with Crippen LogP contribution in [-0.2, 0) is 6.54 Å². The van der Waals surface area contributed by atoms with E-state index < -0.39 is 0 Å². The van der Waals surface area contributed by atoms with Gasteiger partial charge in [0.1, 0.15) is 0 Å². The predicted molar refractivity (Wildman–Crippen MR) is 57.2 cm³/mol. The van der Waals surface area contributed by atoms with E-state index in [0.717, 1.165) is 6.04 Å². The maximum Gasteiger partial charge on any atom is 0.0387 e. The summed E-state index contributed by atoms with van der Waals surface area (Å²) in [5.74, 6) is 0. The van der Waals surface area contributed by atoms with Crippen molar-refractivity contribution in [1.82, 2.24) is 9.47 Å². The standard InChI is InChI=1S/C12H18N2/c1-2-8-13(7-1)10-12-4-3-9-14(12)11-5-6-11/h3-4,9,11H,1-2,5-8,10H2. The van der Waals surface area contributed by atoms with Crippen LogP contribution in [0.2, 0.25) is 0 Å². The normalized spacial score (nSPS) is 23.1. The van der Waals surface area contributed by atoms with Crippen LogP contribution in [0.15, 0.2) is 18.3 Å². The van der Waals surface area contributed by atoms with E-state index in [0.29, 0.717) is 0 Å². The summed E-state index contributed by atoms with van der Waals surface area (Å²) >= 11 is 0. The lowest BCUT2D eigenvalue weighted by molar-refractivity contribution is 0.321. The van der Waals surface area contributed by atoms with Crippen molar-refractivity contribution in [3.8, 4) is 0 Å². The van der Waals surface area contributed by atoms with Gasteiger partial charge in [0.05, 0.1) is 0 Å². The van der Waals surface area contributed by atoms with Crippen LogP contribution in [0.5, 0.6) is 0 Å². The molecule has 76 valence electrons. The van der Waals surface area contributed by atoms with Crippen molar-refractivity contribution in [3.05, 3.63) is 24.0 Å². The SMILES string of the molecule is c1cc(CN2CCCC2)n(C2CC2)c1. The molecular weight excluding hydrogens is 172 g/mol. The van der Waals surface area contributed by atoms with Gasteiger partial charge in [0.2, 0.25) is 0 Å². The second kappa shape index (κ2) is 3.43. The van der Waals surface area contributed by atoms with Gasteiger partial charge in [0, 0.05) is 24.5 Å². The molecule has 0 unspecified atom stereocenters. The summed E-state index contributed by atoms with van der Waals surface area (Å²) in [4.78, 5) is 2.58. The van der Waals surface area contributed by atoms with E-state index in [2.05, 4.69) is 27.8 Å². The zero-order valence-electron chi connectivity index (χ0n) is 8.65. The van der Waals surface area contributed by atoms with E-state index in [1.165, 1.54) is 51.0 Å². The monoisotopic (exact) mass is 190 g/mol. The maximum atomic E-state index is 2.58. The molecule has 2 heteroatoms. The summed E-state index contributed by atoms with van der Waals surface area (Å²) in [6.45, 7) is 3.77. The molecule has 0 N–H and O–H groups in total. The first-order chi connectivity index (χ1) is 6.93. The topological polar surface area (TPSA) is 8.17 Å². The smallest absolute Gasteiger partial charge is 0.0387 e. The minimum Gasteiger partial charge on any atom is -0.347 e. The number of nitrogens with zero attached hydrogens (tertiary/aromatic N) is 2. The van der Waals surface area contributed by atoms with Crippen LogP contribution in [0.4, 0.5) is 0 Å². The van der Waals surface area contributed by atoms with E-state index in [1.54, 1.807) is 0 Å². The molecule has 14 heavy (non-hydrogen) atoms. The zero-order valence-corrected chi connectivity index (χ0v) is 8.65. The quantitative estimate of drug-likeness (QED) is 0.710. The average molecular weight is 190 g/mol. The fraction of sp³-hybridized carbons (Fsp3) is 0.667. The third-order valence-corrected chi connectivity index (χ3v) is 3.39. The van der Waals surface area contributed by atoms with Crippen molar-refractivity contribution in [2.45, 2.75) is 38.3 Å². The van der Waals surface area contributed by atoms with Crippen LogP contribution < -0.4 is 0 Å². The molecule has 0 radical (unpaired) electrons. The van der Waals surface area contributed by atoms with Crippen molar-refractivity contribution < 1.29 is 0 Å². The summed E-state index contributed by atoms with van der Waals surface area (Å²) in [5, 5.41) is 0. The van der Waals surface area contributed by atoms with Crippen molar-refractivity contribution in [2.24, 2.45) is 0 Å². The van der Waals surface area contributed by atoms with Crippen molar-refractivity contribution >= 4 is 0 Å². The van der Waals surface area contributed by atoms with Gasteiger partial charge in [-0.1, -0.05) is 0 Å². The van der Waals surface area contributed by atoms with Crippen molar-refractivity contribution in [2.75, 3.05) is 13.1 Å². The van der Waals surface area contributed by atoms with Gasteiger partial charge in [-0.25, -0.2) is 0 Å². The molecule has 1 saturated heterocycles. The molecule has 0 aromatic carbocycles. The molecular formula is C12H18N2. The highest BCUT2D eigenvalue weighted by Gasteiger charge is 2.25. The Bertz CT molecular complexity index is 306. The number of hydrogen-bond acceptors (Lipinski definition) is 1. The van der Waals surface area contributed by atoms with Gasteiger partial charge < -0.3 is 4.57 Å². The summed E-state index contributed by atoms with van der Waals surface area (Å²) in [6, 6.07) is 5.32. The largest absolute Gasteiger partial charge is 0.347 e. The molecule has 1 saturated carbocycles. The van der Waals surface area contributed by atoms with E-state index >= 15 is 0 Å². The van der Waals surface area contributed by atoms with Crippen LogP contribution in [0.25, 0.3) is 0 Å². The number of likely N-dealkylation sites (tertiary alicyclic amines) is 1. The van der Waals surface area contributed by atoms with E-state index in [1.807, 2.05) is 0 Å². The van der Waals surface area contributed by atoms with E-state index in [9.17, 15) is 0 Å². The molecule has 2 nitrogen and oxygen atoms in total. The second-order valence-electron chi connectivity index (χ2n) is 4.62. The first-order valence-electron chi connectivity index (χ1n) is 5.81. The minimum atomic E-state index is 0.836. The molecule has 0 bridgehead atoms. The Kier molecular flexibility index (Phi) is 2.09. The molecule has 2 aliphatic rings. The Balaban J connectivity index is 1.71. The summed E-state index contributed by atoms with van der Waals surface area (Å²) in [6.07, 6.45) is 7.82. The maximum absolute atomic E-state index is 2.58. The van der Waals surface area contributed by atoms with Gasteiger partial charge in [-0.15, -0.1) is 0 Å². The van der Waals surface area contributed by atoms with Crippen LogP contribution >= 0.6 is 0 Å². The Hall–Kier alpha value is -0.760. The molecule has 2 fully saturated rings. The predicted octanol–water partition coefficient (Wildman–Crippen LogP) is 2.42. The van der Waals surface area contributed by atoms with E-state index in [-0.39, 0.29) is 0 Å². The fourth-order valence-corrected chi connectivity index (χ4v) is 2.44. The molecule has 2 heterocycles. The molecule has 0 atom stereocenters. The van der Waals surface area contributed by atoms with E-state index in [4.69, 9.17) is 0 Å². The van der Waals surface area contributed by atoms with Gasteiger partial charge in [-0.2, -0.15) is 0 Å². The third-order valence-electron chi connectivity index (χ3n) is 3.39. The molecule has 1 aromatic rings. The van der Waals surface area contributed by atoms with Crippen molar-refractivity contribution in [3.63, 3.8) is 0 Å². The first-order valence-corrected chi connectivity index (χ1v) is 5.81. The van der Waals surface area contributed by atoms with Gasteiger partial charge >= 0.3 is 0 Å². The molecule has 1 aliphatic carbocycles. The van der Waals surface area contributed by atoms with Crippen molar-refractivity contribution in [1.29, 1.82) is 0 Å². The lowest BCUT2D eigenvalue weighted by Crippen LogP contribution is -2.20. The Morgan fingerprint density at radius 3 is 2.71 bits per heavy atom. The van der Waals surface area contributed by atoms with Gasteiger partial charge in [-0.3, -0.25) is 4.90 Å². The number of rotatable bonds is 3. The molecule has 1 aliphatic heterocycles. The summed E-state index contributed by atoms with van der Waals surface area (Å²) < 4.78 is 2.48. The lowest BCUT2D eigenvalue weighted by atomic mass is 10.4. The van der Waals surface area contributed by atoms with Crippen LogP contribution in [0.3, 0.4) is 0 Å². The van der Waals surface area contributed by atoms with Crippen LogP contribution in [0.1, 0.15) is 37.4 Å². The highest BCUT2D eigenvalue weighted by Crippen LogP contribution is 2.36. The summed E-state index contributed by atoms with van der Waals surface area (Å²) in [5.41, 5.74) is 1.52. The third kappa shape index (κ3) is 1.59. The number of hydrogen-bond donors (Lipinski definition) is 0. The van der Waals surface area contributed by atoms with Crippen LogP contribution in [0, 0.1) is 0 Å². The summed E-state index contributed by atoms with van der Waals surface area (Å²) in [7, 11) is 0. The first kappa shape index (κ1) is 8.54. The molecule has 3 rings (SSSR count). The molecule has 1 aromatic heterocycles. The number of aromatic nitrogens is 1. The fourth-order valence-electron chi connectivity index (χ4n) is 2.44. The Morgan fingerprint density at radius 2 is 2.00 bits per heavy atom. The average Bonchev–Trinajstić information content (AvgIpc) is 2.74. The Labute approximate surface area is 85.5 Å². The molecule has 0 spiro atoms. The Morgan fingerprint density at radius 1 is 1.21 bits per heavy atom. The zero-order chi connectivity index (χ0) is 9.38. The van der Waals surface area contributed by atoms with Gasteiger partial charge in [0.25, 0.3) is 0 Å². The van der Waals surface area contributed by atoms with Gasteiger partial charge in [0.15, 0.2) is 0 Å². The minimum absolute atomic E-state index is 0.836. The lowest BCUT2D eigenvalue weighted by Gasteiger charge is -2.16. The second-order valence-corrected chi connectivity index (χ2v) is 4.62. The highest BCUT2D eigenvalue weighted by atomic mass is 15.2. The molecule has 0 amide bonds. The van der Waals surface area contributed by atoms with Gasteiger partial charge in [-0.05, 0) is 50.9 Å². The highest BCUT2D eigenvalue weighted by molar-refractivity contribution is 5.10.